The van der Waals surface area contributed by atoms with Gasteiger partial charge in [-0.25, -0.2) is 0 Å². The number of benzene rings is 1. The Hall–Kier alpha value is -1.08. The van der Waals surface area contributed by atoms with Gasteiger partial charge in [0.15, 0.2) is 0 Å². The predicted octanol–water partition coefficient (Wildman–Crippen LogP) is -0.0639. The minimum absolute atomic E-state index is 0.521. The van der Waals surface area contributed by atoms with Gasteiger partial charge in [0.2, 0.25) is 0 Å². The molecule has 0 atom stereocenters. The van der Waals surface area contributed by atoms with Gasteiger partial charge in [0.1, 0.15) is 0 Å². The molecular weight excluding hydrogens is 212 g/mol. The lowest BCUT2D eigenvalue weighted by Gasteiger charge is -2.25. The largest absolute Gasteiger partial charge is 0.538 e. The molecular formula is C9H16N2O3Si. The number of nitrogens with two attached hydrogens (primary N) is 2. The smallest absolute Gasteiger partial charge is 0.399 e. The molecule has 0 aliphatic carbocycles. The van der Waals surface area contributed by atoms with E-state index in [0.717, 1.165) is 5.19 Å². The highest BCUT2D eigenvalue weighted by molar-refractivity contribution is 6.76. The van der Waals surface area contributed by atoms with Gasteiger partial charge in [0.05, 0.1) is 0 Å². The Morgan fingerprint density at radius 3 is 1.93 bits per heavy atom. The molecule has 15 heavy (non-hydrogen) atoms. The van der Waals surface area contributed by atoms with Gasteiger partial charge in [-0.15, -0.1) is 0 Å². The molecule has 0 aliphatic rings. The van der Waals surface area contributed by atoms with Crippen LogP contribution in [0.15, 0.2) is 18.2 Å². The first-order valence-corrected chi connectivity index (χ1v) is 6.13. The molecule has 1 aromatic carbocycles. The molecule has 0 saturated carbocycles. The monoisotopic (exact) mass is 228 g/mol. The van der Waals surface area contributed by atoms with Crippen LogP contribution < -0.4 is 16.7 Å². The Bertz CT molecular complexity index is 334. The minimum Gasteiger partial charge on any atom is -0.399 e. The molecule has 0 radical (unpaired) electrons. The lowest BCUT2D eigenvalue weighted by molar-refractivity contribution is 0.140. The van der Waals surface area contributed by atoms with Crippen LogP contribution in [0.1, 0.15) is 0 Å². The lowest BCUT2D eigenvalue weighted by Crippen LogP contribution is -2.55. The fourth-order valence-electron chi connectivity index (χ4n) is 1.44. The molecule has 0 saturated heterocycles. The summed E-state index contributed by atoms with van der Waals surface area (Å²) in [6, 6.07) is 5.17. The predicted molar refractivity (Wildman–Crippen MR) is 61.7 cm³/mol. The first-order valence-electron chi connectivity index (χ1n) is 4.40. The molecule has 0 heterocycles. The summed E-state index contributed by atoms with van der Waals surface area (Å²) in [5, 5.41) is 0.726. The first-order chi connectivity index (χ1) is 7.09. The summed E-state index contributed by atoms with van der Waals surface area (Å²) in [4.78, 5) is 0. The van der Waals surface area contributed by atoms with Crippen LogP contribution in [0.3, 0.4) is 0 Å². The Morgan fingerprint density at radius 2 is 1.53 bits per heavy atom. The van der Waals surface area contributed by atoms with Gasteiger partial charge in [-0.2, -0.15) is 0 Å². The molecule has 0 unspecified atom stereocenters. The summed E-state index contributed by atoms with van der Waals surface area (Å²) in [6.45, 7) is 0. The average molecular weight is 228 g/mol. The fraction of sp³-hybridized carbons (Fsp3) is 0.333. The van der Waals surface area contributed by atoms with Crippen molar-refractivity contribution in [3.8, 4) is 0 Å². The summed E-state index contributed by atoms with van der Waals surface area (Å²) in [6.07, 6.45) is 0. The van der Waals surface area contributed by atoms with Gasteiger partial charge in [-0.1, -0.05) is 6.07 Å². The van der Waals surface area contributed by atoms with Crippen LogP contribution >= 0.6 is 0 Å². The Morgan fingerprint density at radius 1 is 1.00 bits per heavy atom. The van der Waals surface area contributed by atoms with Gasteiger partial charge in [0.25, 0.3) is 0 Å². The minimum atomic E-state index is -2.84. The van der Waals surface area contributed by atoms with Gasteiger partial charge >= 0.3 is 8.80 Å². The maximum atomic E-state index is 5.85. The van der Waals surface area contributed by atoms with E-state index in [1.807, 2.05) is 0 Å². The van der Waals surface area contributed by atoms with E-state index in [1.54, 1.807) is 18.2 Å². The van der Waals surface area contributed by atoms with E-state index in [-0.39, 0.29) is 0 Å². The molecule has 0 aliphatic heterocycles. The number of rotatable bonds is 4. The zero-order valence-corrected chi connectivity index (χ0v) is 10.1. The molecule has 0 aromatic heterocycles. The molecule has 4 N–H and O–H groups in total. The van der Waals surface area contributed by atoms with Crippen LogP contribution in [-0.4, -0.2) is 30.1 Å². The number of nitrogen functional groups attached to an aromatic ring is 2. The van der Waals surface area contributed by atoms with Crippen LogP contribution in [0.4, 0.5) is 11.4 Å². The zero-order valence-electron chi connectivity index (χ0n) is 9.11. The molecule has 1 aromatic rings. The Balaban J connectivity index is 3.22. The van der Waals surface area contributed by atoms with E-state index in [9.17, 15) is 0 Å². The molecule has 0 spiro atoms. The van der Waals surface area contributed by atoms with Crippen LogP contribution in [-0.2, 0) is 13.3 Å². The van der Waals surface area contributed by atoms with Crippen LogP contribution in [0.25, 0.3) is 0 Å². The Labute approximate surface area is 90.3 Å². The Kier molecular flexibility index (Phi) is 3.70. The van der Waals surface area contributed by atoms with E-state index in [0.29, 0.717) is 11.4 Å². The van der Waals surface area contributed by atoms with E-state index < -0.39 is 8.80 Å². The van der Waals surface area contributed by atoms with Crippen molar-refractivity contribution in [1.29, 1.82) is 0 Å². The highest BCUT2D eigenvalue weighted by atomic mass is 28.4. The zero-order chi connectivity index (χ0) is 11.5. The summed E-state index contributed by atoms with van der Waals surface area (Å²) < 4.78 is 15.9. The second kappa shape index (κ2) is 4.62. The number of hydrogen-bond donors (Lipinski definition) is 2. The van der Waals surface area contributed by atoms with Crippen molar-refractivity contribution in [3.63, 3.8) is 0 Å². The molecule has 0 fully saturated rings. The molecule has 6 heteroatoms. The van der Waals surface area contributed by atoms with Crippen molar-refractivity contribution < 1.29 is 13.3 Å². The number of anilines is 2. The van der Waals surface area contributed by atoms with Gasteiger partial charge < -0.3 is 24.7 Å². The van der Waals surface area contributed by atoms with Crippen molar-refractivity contribution in [1.82, 2.24) is 0 Å². The summed E-state index contributed by atoms with van der Waals surface area (Å²) >= 11 is 0. The maximum absolute atomic E-state index is 5.85. The van der Waals surface area contributed by atoms with E-state index >= 15 is 0 Å². The van der Waals surface area contributed by atoms with Crippen molar-refractivity contribution in [2.75, 3.05) is 32.8 Å². The van der Waals surface area contributed by atoms with Crippen molar-refractivity contribution >= 4 is 25.4 Å². The molecule has 0 bridgehead atoms. The molecule has 84 valence electrons. The van der Waals surface area contributed by atoms with Crippen LogP contribution in [0.5, 0.6) is 0 Å². The second-order valence-electron chi connectivity index (χ2n) is 3.02. The molecule has 1 rings (SSSR count). The fourth-order valence-corrected chi connectivity index (χ4v) is 3.31. The topological polar surface area (TPSA) is 79.7 Å². The van der Waals surface area contributed by atoms with Crippen molar-refractivity contribution in [3.05, 3.63) is 18.2 Å². The summed E-state index contributed by atoms with van der Waals surface area (Å²) in [7, 11) is 1.77. The highest BCUT2D eigenvalue weighted by Crippen LogP contribution is 2.14. The quantitative estimate of drug-likeness (QED) is 0.557. The van der Waals surface area contributed by atoms with Crippen molar-refractivity contribution in [2.45, 2.75) is 0 Å². The summed E-state index contributed by atoms with van der Waals surface area (Å²) in [5.74, 6) is 0. The van der Waals surface area contributed by atoms with Crippen LogP contribution in [0, 0.1) is 0 Å². The molecule has 0 amide bonds. The van der Waals surface area contributed by atoms with E-state index in [4.69, 9.17) is 24.7 Å². The third kappa shape index (κ3) is 2.12. The van der Waals surface area contributed by atoms with E-state index in [1.165, 1.54) is 21.3 Å². The third-order valence-electron chi connectivity index (χ3n) is 2.21. The molecule has 5 nitrogen and oxygen atoms in total. The summed E-state index contributed by atoms with van der Waals surface area (Å²) in [5.41, 5.74) is 12.6. The SMILES string of the molecule is CO[Si](OC)(OC)c1ccc(N)cc1N. The van der Waals surface area contributed by atoms with Crippen LogP contribution in [0.2, 0.25) is 0 Å². The van der Waals surface area contributed by atoms with Crippen molar-refractivity contribution in [2.24, 2.45) is 0 Å². The lowest BCUT2D eigenvalue weighted by atomic mass is 10.3. The van der Waals surface area contributed by atoms with E-state index in [2.05, 4.69) is 0 Å². The standard InChI is InChI=1S/C9H16N2O3Si/c1-12-15(13-2,14-3)9-5-4-7(10)6-8(9)11/h4-6H,10-11H2,1-3H3. The second-order valence-corrected chi connectivity index (χ2v) is 5.89. The van der Waals surface area contributed by atoms with Gasteiger partial charge in [-0.05, 0) is 12.1 Å². The third-order valence-corrected chi connectivity index (χ3v) is 4.94. The normalized spacial score (nSPS) is 11.7. The highest BCUT2D eigenvalue weighted by Gasteiger charge is 2.42. The first kappa shape index (κ1) is 12.0. The van der Waals surface area contributed by atoms with Gasteiger partial charge in [0, 0.05) is 37.9 Å². The maximum Gasteiger partial charge on any atom is 0.538 e. The number of hydrogen-bond acceptors (Lipinski definition) is 5. The average Bonchev–Trinajstić information content (AvgIpc) is 2.23. The van der Waals surface area contributed by atoms with Gasteiger partial charge in [-0.3, -0.25) is 0 Å².